The largest absolute Gasteiger partial charge is 0.469 e. The summed E-state index contributed by atoms with van der Waals surface area (Å²) in [4.78, 5) is 11.4. The second-order valence-corrected chi connectivity index (χ2v) is 4.20. The van der Waals surface area contributed by atoms with Crippen LogP contribution in [0.25, 0.3) is 0 Å². The lowest BCUT2D eigenvalue weighted by Gasteiger charge is -2.21. The van der Waals surface area contributed by atoms with Crippen LogP contribution in [0, 0.1) is 5.92 Å². The molecule has 0 aliphatic carbocycles. The van der Waals surface area contributed by atoms with Crippen molar-refractivity contribution < 1.29 is 18.8 Å². The Labute approximate surface area is 101 Å². The molecule has 2 unspecified atom stereocenters. The lowest BCUT2D eigenvalue weighted by molar-refractivity contribution is -0.149. The van der Waals surface area contributed by atoms with Crippen LogP contribution in [0.3, 0.4) is 0 Å². The van der Waals surface area contributed by atoms with E-state index >= 15 is 0 Å². The highest BCUT2D eigenvalue weighted by Gasteiger charge is 2.29. The number of methoxy groups -OCH3 is 1. The fourth-order valence-electron chi connectivity index (χ4n) is 1.19. The fraction of sp³-hybridized carbons (Fsp3) is 0.875. The van der Waals surface area contributed by atoms with E-state index in [4.69, 9.17) is 9.29 Å². The van der Waals surface area contributed by atoms with Crippen molar-refractivity contribution in [3.63, 3.8) is 0 Å². The number of carbonyl (C=O) groups is 1. The quantitative estimate of drug-likeness (QED) is 0.438. The maximum absolute atomic E-state index is 11.4. The number of hydrogen-bond donors (Lipinski definition) is 1. The Hall–Kier alpha value is 0.470. The third kappa shape index (κ3) is 4.81. The van der Waals surface area contributed by atoms with Crippen LogP contribution in [-0.2, 0) is 13.7 Å². The van der Waals surface area contributed by atoms with Gasteiger partial charge in [-0.15, -0.1) is 0 Å². The van der Waals surface area contributed by atoms with Crippen LogP contribution in [-0.4, -0.2) is 30.9 Å². The molecule has 2 atom stereocenters. The van der Waals surface area contributed by atoms with Crippen LogP contribution in [0.4, 0.5) is 0 Å². The average Bonchev–Trinajstić information content (AvgIpc) is 2.22. The van der Waals surface area contributed by atoms with Gasteiger partial charge in [0.25, 0.3) is 0 Å². The summed E-state index contributed by atoms with van der Waals surface area (Å²) in [5.41, 5.74) is 0. The van der Waals surface area contributed by atoms with Crippen molar-refractivity contribution in [2.75, 3.05) is 13.7 Å². The summed E-state index contributed by atoms with van der Waals surface area (Å²) in [6.07, 6.45) is 1.03. The molecule has 0 saturated heterocycles. The van der Waals surface area contributed by atoms with Gasteiger partial charge >= 0.3 is 5.97 Å². The first-order valence-electron chi connectivity index (χ1n) is 4.34. The van der Waals surface area contributed by atoms with E-state index in [0.29, 0.717) is 6.42 Å². The zero-order valence-corrected chi connectivity index (χ0v) is 11.2. The van der Waals surface area contributed by atoms with Crippen molar-refractivity contribution in [3.8, 4) is 0 Å². The molecule has 0 rings (SSSR count). The molecule has 0 heterocycles. The minimum Gasteiger partial charge on any atom is -0.469 e. The second kappa shape index (κ2) is 8.75. The van der Waals surface area contributed by atoms with Crippen LogP contribution >= 0.6 is 30.4 Å². The number of aliphatic hydroxyl groups is 1. The normalized spacial score (nSPS) is 14.9. The topological polar surface area (TPSA) is 55.8 Å². The first-order valence-corrected chi connectivity index (χ1v) is 7.62. The van der Waals surface area contributed by atoms with Gasteiger partial charge in [0.2, 0.25) is 0 Å². The Morgan fingerprint density at radius 1 is 1.64 bits per heavy atom. The summed E-state index contributed by atoms with van der Waals surface area (Å²) >= 11 is 1.95. The van der Waals surface area contributed by atoms with Crippen molar-refractivity contribution in [1.82, 2.24) is 0 Å². The van der Waals surface area contributed by atoms with E-state index in [2.05, 4.69) is 4.74 Å². The standard InChI is InChI=1S/C8H15IO4S/c1-3-4-6(8(11)12-2)7(5-10)13-14-9/h6-7,10H,3-5H2,1-2H3. The molecule has 0 spiro atoms. The van der Waals surface area contributed by atoms with Crippen LogP contribution < -0.4 is 0 Å². The smallest absolute Gasteiger partial charge is 0.311 e. The highest BCUT2D eigenvalue weighted by Crippen LogP contribution is 2.23. The molecule has 4 nitrogen and oxygen atoms in total. The molecule has 14 heavy (non-hydrogen) atoms. The van der Waals surface area contributed by atoms with Crippen molar-refractivity contribution in [2.24, 2.45) is 5.92 Å². The Morgan fingerprint density at radius 2 is 2.29 bits per heavy atom. The molecular weight excluding hydrogens is 319 g/mol. The van der Waals surface area contributed by atoms with Gasteiger partial charge in [0.05, 0.1) is 28.8 Å². The van der Waals surface area contributed by atoms with Crippen LogP contribution in [0.5, 0.6) is 0 Å². The molecule has 0 aliphatic rings. The molecular formula is C8H15IO4S. The maximum Gasteiger partial charge on any atom is 0.311 e. The van der Waals surface area contributed by atoms with Crippen LogP contribution in [0.15, 0.2) is 0 Å². The van der Waals surface area contributed by atoms with E-state index in [9.17, 15) is 4.79 Å². The lowest BCUT2D eigenvalue weighted by Crippen LogP contribution is -2.32. The lowest BCUT2D eigenvalue weighted by atomic mass is 9.98. The monoisotopic (exact) mass is 334 g/mol. The Balaban J connectivity index is 4.33. The van der Waals surface area contributed by atoms with E-state index in [1.54, 1.807) is 0 Å². The first-order chi connectivity index (χ1) is 6.71. The molecule has 0 fully saturated rings. The SMILES string of the molecule is CCCC(C(=O)OC)C(CO)OSI. The van der Waals surface area contributed by atoms with E-state index in [0.717, 1.165) is 15.6 Å². The molecule has 0 radical (unpaired) electrons. The van der Waals surface area contributed by atoms with E-state index in [1.807, 2.05) is 28.1 Å². The van der Waals surface area contributed by atoms with Crippen molar-refractivity contribution in [1.29, 1.82) is 0 Å². The predicted octanol–water partition coefficient (Wildman–Crippen LogP) is 1.95. The maximum atomic E-state index is 11.4. The van der Waals surface area contributed by atoms with Crippen molar-refractivity contribution in [2.45, 2.75) is 25.9 Å². The van der Waals surface area contributed by atoms with Gasteiger partial charge in [0, 0.05) is 21.2 Å². The van der Waals surface area contributed by atoms with Gasteiger partial charge < -0.3 is 9.84 Å². The average molecular weight is 334 g/mol. The molecule has 0 aromatic heterocycles. The molecule has 0 aliphatic heterocycles. The van der Waals surface area contributed by atoms with Gasteiger partial charge in [-0.2, -0.15) is 0 Å². The highest BCUT2D eigenvalue weighted by atomic mass is 127. The summed E-state index contributed by atoms with van der Waals surface area (Å²) in [5, 5.41) is 9.05. The van der Waals surface area contributed by atoms with Gasteiger partial charge in [0.15, 0.2) is 0 Å². The molecule has 0 aromatic rings. The van der Waals surface area contributed by atoms with Gasteiger partial charge in [-0.1, -0.05) is 13.3 Å². The number of ether oxygens (including phenoxy) is 1. The Morgan fingerprint density at radius 3 is 2.64 bits per heavy atom. The zero-order chi connectivity index (χ0) is 11.0. The van der Waals surface area contributed by atoms with Crippen LogP contribution in [0.1, 0.15) is 19.8 Å². The van der Waals surface area contributed by atoms with E-state index < -0.39 is 6.10 Å². The summed E-state index contributed by atoms with van der Waals surface area (Å²) in [6.45, 7) is 1.80. The summed E-state index contributed by atoms with van der Waals surface area (Å²) in [7, 11) is 2.46. The van der Waals surface area contributed by atoms with Gasteiger partial charge in [-0.3, -0.25) is 8.98 Å². The molecule has 0 amide bonds. The second-order valence-electron chi connectivity index (χ2n) is 2.80. The first kappa shape index (κ1) is 14.5. The predicted molar refractivity (Wildman–Crippen MR) is 64.0 cm³/mol. The minimum absolute atomic E-state index is 0.171. The van der Waals surface area contributed by atoms with Gasteiger partial charge in [-0.05, 0) is 6.42 Å². The summed E-state index contributed by atoms with van der Waals surface area (Å²) in [5.74, 6) is -0.700. The van der Waals surface area contributed by atoms with Crippen molar-refractivity contribution >= 4 is 36.4 Å². The minimum atomic E-state index is -0.482. The molecule has 6 heteroatoms. The zero-order valence-electron chi connectivity index (χ0n) is 8.23. The summed E-state index contributed by atoms with van der Waals surface area (Å²) in [6, 6.07) is 0. The van der Waals surface area contributed by atoms with Gasteiger partial charge in [0.1, 0.15) is 6.10 Å². The summed E-state index contributed by atoms with van der Waals surface area (Å²) < 4.78 is 9.83. The molecule has 0 saturated carbocycles. The molecule has 1 N–H and O–H groups in total. The van der Waals surface area contributed by atoms with Crippen LogP contribution in [0.2, 0.25) is 0 Å². The fourth-order valence-corrected chi connectivity index (χ4v) is 2.28. The number of aliphatic hydroxyl groups excluding tert-OH is 1. The number of carbonyl (C=O) groups excluding carboxylic acids is 1. The third-order valence-corrected chi connectivity index (χ3v) is 2.84. The van der Waals surface area contributed by atoms with Gasteiger partial charge in [-0.25, -0.2) is 0 Å². The molecule has 0 aromatic carbocycles. The van der Waals surface area contributed by atoms with Crippen molar-refractivity contribution in [3.05, 3.63) is 0 Å². The van der Waals surface area contributed by atoms with E-state index in [1.165, 1.54) is 7.11 Å². The number of rotatable bonds is 7. The molecule has 0 bridgehead atoms. The Bertz CT molecular complexity index is 167. The highest BCUT2D eigenvalue weighted by molar-refractivity contribution is 14.2. The number of halogens is 1. The number of esters is 1. The molecule has 84 valence electrons. The van der Waals surface area contributed by atoms with E-state index in [-0.39, 0.29) is 18.5 Å². The Kier molecular flexibility index (Phi) is 9.05. The third-order valence-electron chi connectivity index (χ3n) is 1.89. The number of hydrogen-bond acceptors (Lipinski definition) is 5.